The Kier molecular flexibility index (Phi) is 7.32. The zero-order chi connectivity index (χ0) is 24.6. The summed E-state index contributed by atoms with van der Waals surface area (Å²) in [6, 6.07) is 26.1. The molecule has 1 heterocycles. The molecule has 0 saturated heterocycles. The third kappa shape index (κ3) is 6.00. The fourth-order valence-electron chi connectivity index (χ4n) is 3.46. The SMILES string of the molecule is COC(=O)CNC(=O)Cc1ccc(NC(=O)c2cn(-c3ccccc3)nc2-c2ccccc2)cc1. The Morgan fingerprint density at radius 3 is 2.20 bits per heavy atom. The Labute approximate surface area is 202 Å². The van der Waals surface area contributed by atoms with Crippen LogP contribution < -0.4 is 10.6 Å². The van der Waals surface area contributed by atoms with Crippen molar-refractivity contribution in [3.8, 4) is 16.9 Å². The Morgan fingerprint density at radius 2 is 1.54 bits per heavy atom. The number of para-hydroxylation sites is 1. The monoisotopic (exact) mass is 468 g/mol. The number of carbonyl (C=O) groups excluding carboxylic acids is 3. The first kappa shape index (κ1) is 23.4. The van der Waals surface area contributed by atoms with Crippen LogP contribution in [0.5, 0.6) is 0 Å². The second-order valence-electron chi connectivity index (χ2n) is 7.72. The van der Waals surface area contributed by atoms with Gasteiger partial charge in [-0.2, -0.15) is 5.10 Å². The van der Waals surface area contributed by atoms with Gasteiger partial charge in [-0.15, -0.1) is 0 Å². The van der Waals surface area contributed by atoms with Crippen molar-refractivity contribution in [2.45, 2.75) is 6.42 Å². The lowest BCUT2D eigenvalue weighted by atomic mass is 10.1. The van der Waals surface area contributed by atoms with E-state index in [0.717, 1.165) is 16.8 Å². The number of carbonyl (C=O) groups is 3. The van der Waals surface area contributed by atoms with Gasteiger partial charge in [0.1, 0.15) is 12.2 Å². The molecular formula is C27H24N4O4. The van der Waals surface area contributed by atoms with Gasteiger partial charge in [0.25, 0.3) is 5.91 Å². The minimum absolute atomic E-state index is 0.104. The summed E-state index contributed by atoms with van der Waals surface area (Å²) in [6.45, 7) is -0.177. The number of amides is 2. The number of hydrogen-bond acceptors (Lipinski definition) is 5. The van der Waals surface area contributed by atoms with Crippen molar-refractivity contribution in [1.29, 1.82) is 0 Å². The quantitative estimate of drug-likeness (QED) is 0.385. The molecule has 0 bridgehead atoms. The highest BCUT2D eigenvalue weighted by molar-refractivity contribution is 6.08. The molecule has 2 amide bonds. The van der Waals surface area contributed by atoms with Crippen molar-refractivity contribution in [2.75, 3.05) is 19.0 Å². The van der Waals surface area contributed by atoms with Gasteiger partial charge in [0.05, 0.1) is 24.8 Å². The molecule has 176 valence electrons. The molecule has 0 aliphatic rings. The Hall–Kier alpha value is -4.72. The van der Waals surface area contributed by atoms with Crippen LogP contribution in [0, 0.1) is 0 Å². The highest BCUT2D eigenvalue weighted by atomic mass is 16.5. The molecule has 0 saturated carbocycles. The van der Waals surface area contributed by atoms with E-state index in [9.17, 15) is 14.4 Å². The number of nitrogens with one attached hydrogen (secondary N) is 2. The van der Waals surface area contributed by atoms with E-state index in [4.69, 9.17) is 0 Å². The minimum atomic E-state index is -0.512. The normalized spacial score (nSPS) is 10.4. The van der Waals surface area contributed by atoms with Crippen LogP contribution in [0.3, 0.4) is 0 Å². The summed E-state index contributed by atoms with van der Waals surface area (Å²) in [7, 11) is 1.26. The van der Waals surface area contributed by atoms with Crippen LogP contribution >= 0.6 is 0 Å². The summed E-state index contributed by atoms with van der Waals surface area (Å²) in [4.78, 5) is 36.3. The third-order valence-electron chi connectivity index (χ3n) is 5.26. The molecular weight excluding hydrogens is 444 g/mol. The van der Waals surface area contributed by atoms with Gasteiger partial charge in [-0.25, -0.2) is 4.68 Å². The second-order valence-corrected chi connectivity index (χ2v) is 7.72. The molecule has 0 spiro atoms. The van der Waals surface area contributed by atoms with E-state index in [-0.39, 0.29) is 24.8 Å². The topological polar surface area (TPSA) is 102 Å². The summed E-state index contributed by atoms with van der Waals surface area (Å²) in [5.74, 6) is -1.11. The summed E-state index contributed by atoms with van der Waals surface area (Å²) >= 11 is 0. The Bertz CT molecular complexity index is 1320. The largest absolute Gasteiger partial charge is 0.468 e. The van der Waals surface area contributed by atoms with Crippen LogP contribution in [0.15, 0.2) is 91.1 Å². The van der Waals surface area contributed by atoms with Crippen LogP contribution in [0.25, 0.3) is 16.9 Å². The van der Waals surface area contributed by atoms with E-state index in [1.54, 1.807) is 35.1 Å². The molecule has 0 aliphatic heterocycles. The molecule has 0 radical (unpaired) electrons. The second kappa shape index (κ2) is 10.9. The molecule has 0 fully saturated rings. The average Bonchev–Trinajstić information content (AvgIpc) is 3.35. The van der Waals surface area contributed by atoms with Crippen molar-refractivity contribution in [3.05, 3.63) is 102 Å². The van der Waals surface area contributed by atoms with Crippen molar-refractivity contribution < 1.29 is 19.1 Å². The van der Waals surface area contributed by atoms with E-state index in [1.165, 1.54) is 7.11 Å². The molecule has 4 rings (SSSR count). The van der Waals surface area contributed by atoms with Gasteiger partial charge >= 0.3 is 5.97 Å². The van der Waals surface area contributed by atoms with Crippen LogP contribution in [-0.2, 0) is 20.7 Å². The first-order valence-corrected chi connectivity index (χ1v) is 11.0. The van der Waals surface area contributed by atoms with Gasteiger partial charge in [-0.05, 0) is 29.8 Å². The standard InChI is InChI=1S/C27H24N4O4/c1-35-25(33)17-28-24(32)16-19-12-14-21(15-13-19)29-27(34)23-18-31(22-10-6-3-7-11-22)30-26(23)20-8-4-2-5-9-20/h2-15,18H,16-17H2,1H3,(H,28,32)(H,29,34). The van der Waals surface area contributed by atoms with Crippen molar-refractivity contribution >= 4 is 23.5 Å². The predicted octanol–water partition coefficient (Wildman–Crippen LogP) is 3.62. The lowest BCUT2D eigenvalue weighted by Crippen LogP contribution is -2.31. The van der Waals surface area contributed by atoms with Gasteiger partial charge in [-0.1, -0.05) is 60.7 Å². The Balaban J connectivity index is 1.50. The van der Waals surface area contributed by atoms with Gasteiger partial charge < -0.3 is 15.4 Å². The van der Waals surface area contributed by atoms with E-state index in [0.29, 0.717) is 16.9 Å². The molecule has 4 aromatic rings. The highest BCUT2D eigenvalue weighted by Gasteiger charge is 2.19. The molecule has 1 aromatic heterocycles. The number of anilines is 1. The van der Waals surface area contributed by atoms with E-state index >= 15 is 0 Å². The summed E-state index contributed by atoms with van der Waals surface area (Å²) < 4.78 is 6.19. The first-order chi connectivity index (χ1) is 17.0. The number of aromatic nitrogens is 2. The maximum Gasteiger partial charge on any atom is 0.325 e. The van der Waals surface area contributed by atoms with Crippen LogP contribution in [0.4, 0.5) is 5.69 Å². The molecule has 0 unspecified atom stereocenters. The summed E-state index contributed by atoms with van der Waals surface area (Å²) in [6.07, 6.45) is 1.82. The molecule has 0 aliphatic carbocycles. The fourth-order valence-corrected chi connectivity index (χ4v) is 3.46. The first-order valence-electron chi connectivity index (χ1n) is 11.0. The number of nitrogens with zero attached hydrogens (tertiary/aromatic N) is 2. The molecule has 0 atom stereocenters. The van der Waals surface area contributed by atoms with Crippen molar-refractivity contribution in [3.63, 3.8) is 0 Å². The van der Waals surface area contributed by atoms with Gasteiger partial charge in [0, 0.05) is 17.4 Å². The van der Waals surface area contributed by atoms with Crippen LogP contribution in [0.1, 0.15) is 15.9 Å². The zero-order valence-electron chi connectivity index (χ0n) is 19.1. The maximum absolute atomic E-state index is 13.2. The number of benzene rings is 3. The van der Waals surface area contributed by atoms with Gasteiger partial charge in [0.15, 0.2) is 0 Å². The van der Waals surface area contributed by atoms with Gasteiger partial charge in [0.2, 0.25) is 5.91 Å². The summed E-state index contributed by atoms with van der Waals surface area (Å²) in [5, 5.41) is 10.1. The van der Waals surface area contributed by atoms with Crippen molar-refractivity contribution in [2.24, 2.45) is 0 Å². The van der Waals surface area contributed by atoms with E-state index < -0.39 is 5.97 Å². The lowest BCUT2D eigenvalue weighted by Gasteiger charge is -2.07. The third-order valence-corrected chi connectivity index (χ3v) is 5.26. The zero-order valence-corrected chi connectivity index (χ0v) is 19.1. The molecule has 8 nitrogen and oxygen atoms in total. The number of ether oxygens (including phenoxy) is 1. The molecule has 2 N–H and O–H groups in total. The van der Waals surface area contributed by atoms with E-state index in [1.807, 2.05) is 60.7 Å². The molecule has 35 heavy (non-hydrogen) atoms. The lowest BCUT2D eigenvalue weighted by molar-refractivity contribution is -0.141. The smallest absolute Gasteiger partial charge is 0.325 e. The highest BCUT2D eigenvalue weighted by Crippen LogP contribution is 2.25. The summed E-state index contributed by atoms with van der Waals surface area (Å²) in [5.41, 5.74) is 4.02. The number of rotatable bonds is 8. The van der Waals surface area contributed by atoms with Crippen LogP contribution in [0.2, 0.25) is 0 Å². The van der Waals surface area contributed by atoms with Crippen molar-refractivity contribution in [1.82, 2.24) is 15.1 Å². The Morgan fingerprint density at radius 1 is 0.886 bits per heavy atom. The van der Waals surface area contributed by atoms with Gasteiger partial charge in [-0.3, -0.25) is 14.4 Å². The number of methoxy groups -OCH3 is 1. The number of hydrogen-bond donors (Lipinski definition) is 2. The maximum atomic E-state index is 13.2. The molecule has 8 heteroatoms. The van der Waals surface area contributed by atoms with Crippen LogP contribution in [-0.4, -0.2) is 41.2 Å². The molecule has 3 aromatic carbocycles. The average molecular weight is 469 g/mol. The predicted molar refractivity (Wildman–Crippen MR) is 132 cm³/mol. The minimum Gasteiger partial charge on any atom is -0.468 e. The van der Waals surface area contributed by atoms with E-state index in [2.05, 4.69) is 20.5 Å². The fraction of sp³-hybridized carbons (Fsp3) is 0.111. The number of esters is 1.